The SMILES string of the molecule is CN1C(=O)/C(=C/c2ccccc2F)SC2CCC(C(=O)NC3CCCc4ccccc43)CC21. The molecule has 2 aromatic carbocycles. The number of hydrogen-bond donors (Lipinski definition) is 1. The van der Waals surface area contributed by atoms with Crippen molar-refractivity contribution in [1.82, 2.24) is 10.2 Å². The van der Waals surface area contributed by atoms with E-state index >= 15 is 0 Å². The molecule has 3 aliphatic rings. The molecule has 1 saturated carbocycles. The molecule has 0 aromatic heterocycles. The van der Waals surface area contributed by atoms with Gasteiger partial charge in [0.25, 0.3) is 5.91 Å². The van der Waals surface area contributed by atoms with Gasteiger partial charge in [-0.3, -0.25) is 9.59 Å². The molecule has 172 valence electrons. The van der Waals surface area contributed by atoms with Crippen LogP contribution in [0.15, 0.2) is 53.4 Å². The maximum atomic E-state index is 14.1. The number of thioether (sulfide) groups is 1. The van der Waals surface area contributed by atoms with Gasteiger partial charge in [0.1, 0.15) is 5.82 Å². The summed E-state index contributed by atoms with van der Waals surface area (Å²) in [7, 11) is 1.81. The van der Waals surface area contributed by atoms with E-state index in [1.165, 1.54) is 17.2 Å². The molecule has 1 saturated heterocycles. The van der Waals surface area contributed by atoms with Crippen LogP contribution < -0.4 is 5.32 Å². The first-order valence-corrected chi connectivity index (χ1v) is 12.7. The molecule has 1 aliphatic heterocycles. The van der Waals surface area contributed by atoms with Gasteiger partial charge in [0.05, 0.1) is 10.9 Å². The van der Waals surface area contributed by atoms with Gasteiger partial charge in [0.15, 0.2) is 0 Å². The van der Waals surface area contributed by atoms with Gasteiger partial charge in [0.2, 0.25) is 5.91 Å². The lowest BCUT2D eigenvalue weighted by Gasteiger charge is -2.44. The van der Waals surface area contributed by atoms with Crippen molar-refractivity contribution in [3.63, 3.8) is 0 Å². The number of halogens is 1. The maximum Gasteiger partial charge on any atom is 0.260 e. The van der Waals surface area contributed by atoms with E-state index in [-0.39, 0.29) is 40.9 Å². The maximum absolute atomic E-state index is 14.1. The minimum Gasteiger partial charge on any atom is -0.349 e. The zero-order valence-corrected chi connectivity index (χ0v) is 19.6. The van der Waals surface area contributed by atoms with E-state index in [1.54, 1.807) is 40.9 Å². The van der Waals surface area contributed by atoms with Crippen LogP contribution in [0.4, 0.5) is 4.39 Å². The fourth-order valence-corrected chi connectivity index (χ4v) is 6.93. The molecule has 6 heteroatoms. The average Bonchev–Trinajstić information content (AvgIpc) is 2.84. The summed E-state index contributed by atoms with van der Waals surface area (Å²) in [5, 5.41) is 3.54. The summed E-state index contributed by atoms with van der Waals surface area (Å²) in [5.41, 5.74) is 3.01. The van der Waals surface area contributed by atoms with Crippen molar-refractivity contribution >= 4 is 29.7 Å². The zero-order chi connectivity index (χ0) is 22.9. The molecule has 0 bridgehead atoms. The van der Waals surface area contributed by atoms with E-state index in [1.807, 2.05) is 13.1 Å². The Bertz CT molecular complexity index is 1100. The van der Waals surface area contributed by atoms with Gasteiger partial charge in [-0.2, -0.15) is 0 Å². The van der Waals surface area contributed by atoms with Gasteiger partial charge < -0.3 is 10.2 Å². The third-order valence-electron chi connectivity index (χ3n) is 7.31. The Labute approximate surface area is 198 Å². The zero-order valence-electron chi connectivity index (χ0n) is 18.8. The Balaban J connectivity index is 1.27. The summed E-state index contributed by atoms with van der Waals surface area (Å²) in [6, 6.07) is 15.0. The molecule has 1 N–H and O–H groups in total. The topological polar surface area (TPSA) is 49.4 Å². The van der Waals surface area contributed by atoms with Crippen molar-refractivity contribution in [3.8, 4) is 0 Å². The predicted octanol–water partition coefficient (Wildman–Crippen LogP) is 5.10. The van der Waals surface area contributed by atoms with Crippen LogP contribution in [0.2, 0.25) is 0 Å². The van der Waals surface area contributed by atoms with Crippen LogP contribution in [0, 0.1) is 11.7 Å². The second-order valence-corrected chi connectivity index (χ2v) is 10.6. The molecular weight excluding hydrogens is 435 g/mol. The van der Waals surface area contributed by atoms with Crippen molar-refractivity contribution in [1.29, 1.82) is 0 Å². The number of benzene rings is 2. The molecule has 2 amide bonds. The van der Waals surface area contributed by atoms with E-state index < -0.39 is 0 Å². The smallest absolute Gasteiger partial charge is 0.260 e. The van der Waals surface area contributed by atoms with Gasteiger partial charge in [-0.05, 0) is 61.8 Å². The number of fused-ring (bicyclic) bond motifs is 2. The Morgan fingerprint density at radius 2 is 1.91 bits per heavy atom. The molecule has 1 heterocycles. The molecule has 4 unspecified atom stereocenters. The molecule has 4 nitrogen and oxygen atoms in total. The highest BCUT2D eigenvalue weighted by atomic mass is 32.2. The van der Waals surface area contributed by atoms with Gasteiger partial charge >= 0.3 is 0 Å². The Hall–Kier alpha value is -2.60. The predicted molar refractivity (Wildman–Crippen MR) is 130 cm³/mol. The van der Waals surface area contributed by atoms with Gasteiger partial charge in [0, 0.05) is 29.8 Å². The largest absolute Gasteiger partial charge is 0.349 e. The number of nitrogens with zero attached hydrogens (tertiary/aromatic N) is 1. The van der Waals surface area contributed by atoms with Crippen molar-refractivity contribution < 1.29 is 14.0 Å². The van der Waals surface area contributed by atoms with E-state index in [2.05, 4.69) is 23.5 Å². The quantitative estimate of drug-likeness (QED) is 0.643. The number of hydrogen-bond acceptors (Lipinski definition) is 3. The lowest BCUT2D eigenvalue weighted by atomic mass is 9.82. The fraction of sp³-hybridized carbons (Fsp3) is 0.407. The molecule has 33 heavy (non-hydrogen) atoms. The van der Waals surface area contributed by atoms with Crippen LogP contribution in [0.5, 0.6) is 0 Å². The van der Waals surface area contributed by atoms with E-state index in [0.29, 0.717) is 16.9 Å². The second-order valence-electron chi connectivity index (χ2n) is 9.33. The lowest BCUT2D eigenvalue weighted by molar-refractivity contribution is -0.132. The van der Waals surface area contributed by atoms with Crippen LogP contribution in [-0.4, -0.2) is 35.1 Å². The van der Waals surface area contributed by atoms with Crippen molar-refractivity contribution in [2.75, 3.05) is 7.05 Å². The highest BCUT2D eigenvalue weighted by molar-refractivity contribution is 8.04. The molecule has 4 atom stereocenters. The number of carbonyl (C=O) groups excluding carboxylic acids is 2. The lowest BCUT2D eigenvalue weighted by Crippen LogP contribution is -2.52. The number of likely N-dealkylation sites (N-methyl/N-ethyl adjacent to an activating group) is 1. The Morgan fingerprint density at radius 1 is 1.12 bits per heavy atom. The van der Waals surface area contributed by atoms with Crippen LogP contribution in [0.3, 0.4) is 0 Å². The third kappa shape index (κ3) is 4.45. The number of amides is 2. The number of aryl methyl sites for hydroxylation is 1. The fourth-order valence-electron chi connectivity index (χ4n) is 5.46. The summed E-state index contributed by atoms with van der Waals surface area (Å²) in [6.45, 7) is 0. The second kappa shape index (κ2) is 9.34. The van der Waals surface area contributed by atoms with Crippen molar-refractivity contribution in [3.05, 3.63) is 75.9 Å². The number of carbonyl (C=O) groups is 2. The first-order chi connectivity index (χ1) is 16.0. The minimum atomic E-state index is -0.326. The molecule has 2 aromatic rings. The van der Waals surface area contributed by atoms with Crippen molar-refractivity contribution in [2.45, 2.75) is 55.9 Å². The van der Waals surface area contributed by atoms with Crippen molar-refractivity contribution in [2.24, 2.45) is 5.92 Å². The molecule has 0 radical (unpaired) electrons. The van der Waals surface area contributed by atoms with Crippen LogP contribution in [-0.2, 0) is 16.0 Å². The average molecular weight is 465 g/mol. The van der Waals surface area contributed by atoms with Gasteiger partial charge in [-0.25, -0.2) is 4.39 Å². The summed E-state index contributed by atoms with van der Waals surface area (Å²) >= 11 is 1.54. The standard InChI is InChI=1S/C27H29FN2O2S/c1-30-23-15-19(26(31)29-22-12-6-9-17-7-2-4-10-20(17)22)13-14-24(23)33-25(27(30)32)16-18-8-3-5-11-21(18)28/h2-5,7-8,10-11,16,19,22-24H,6,9,12-15H2,1H3,(H,29,31)/b25-16-. The summed E-state index contributed by atoms with van der Waals surface area (Å²) in [5.74, 6) is -0.401. The van der Waals surface area contributed by atoms with Gasteiger partial charge in [-0.1, -0.05) is 42.5 Å². The summed E-state index contributed by atoms with van der Waals surface area (Å²) in [6.07, 6.45) is 7.14. The summed E-state index contributed by atoms with van der Waals surface area (Å²) < 4.78 is 14.1. The van der Waals surface area contributed by atoms with E-state index in [9.17, 15) is 14.0 Å². The number of nitrogens with one attached hydrogen (secondary N) is 1. The normalized spacial score (nSPS) is 28.2. The molecular formula is C27H29FN2O2S. The molecule has 5 rings (SSSR count). The highest BCUT2D eigenvalue weighted by Crippen LogP contribution is 2.43. The molecule has 2 fully saturated rings. The van der Waals surface area contributed by atoms with E-state index in [4.69, 9.17) is 0 Å². The first kappa shape index (κ1) is 22.2. The minimum absolute atomic E-state index is 0.0170. The Kier molecular flexibility index (Phi) is 6.28. The highest BCUT2D eigenvalue weighted by Gasteiger charge is 2.43. The molecule has 2 aliphatic carbocycles. The molecule has 0 spiro atoms. The number of rotatable bonds is 3. The van der Waals surface area contributed by atoms with Crippen LogP contribution >= 0.6 is 11.8 Å². The van der Waals surface area contributed by atoms with Crippen LogP contribution in [0.1, 0.15) is 54.8 Å². The van der Waals surface area contributed by atoms with Crippen LogP contribution in [0.25, 0.3) is 6.08 Å². The Morgan fingerprint density at radius 3 is 2.76 bits per heavy atom. The summed E-state index contributed by atoms with van der Waals surface area (Å²) in [4.78, 5) is 28.6. The third-order valence-corrected chi connectivity index (χ3v) is 8.71. The monoisotopic (exact) mass is 464 g/mol. The van der Waals surface area contributed by atoms with Gasteiger partial charge in [-0.15, -0.1) is 11.8 Å². The van der Waals surface area contributed by atoms with E-state index in [0.717, 1.165) is 32.1 Å². The first-order valence-electron chi connectivity index (χ1n) is 11.8.